The molecular weight excluding hydrogens is 230 g/mol. The third kappa shape index (κ3) is 2.23. The highest BCUT2D eigenvalue weighted by Gasteiger charge is 2.47. The Kier molecular flexibility index (Phi) is 3.11. The number of carboxylic acids is 1. The number of benzene rings is 1. The second-order valence-corrected chi connectivity index (χ2v) is 4.92. The van der Waals surface area contributed by atoms with Gasteiger partial charge in [-0.15, -0.1) is 0 Å². The minimum atomic E-state index is -0.947. The fraction of sp³-hybridized carbons (Fsp3) is 0.429. The number of rotatable bonds is 4. The normalized spacial score (nSPS) is 16.1. The smallest absolute Gasteiger partial charge is 0.335 e. The molecule has 1 amide bonds. The summed E-state index contributed by atoms with van der Waals surface area (Å²) in [5.74, 6) is -0.898. The Balaban J connectivity index is 2.13. The maximum absolute atomic E-state index is 12.0. The van der Waals surface area contributed by atoms with E-state index >= 15 is 0 Å². The highest BCUT2D eigenvalue weighted by Crippen LogP contribution is 2.49. The number of aryl methyl sites for hydroxylation is 1. The molecule has 0 aromatic heterocycles. The van der Waals surface area contributed by atoms with Crippen LogP contribution in [-0.4, -0.2) is 17.0 Å². The zero-order chi connectivity index (χ0) is 13.3. The van der Waals surface area contributed by atoms with Crippen molar-refractivity contribution >= 4 is 17.6 Å². The number of carbonyl (C=O) groups excluding carboxylic acids is 1. The zero-order valence-electron chi connectivity index (χ0n) is 10.6. The molecule has 1 saturated carbocycles. The van der Waals surface area contributed by atoms with Gasteiger partial charge in [-0.25, -0.2) is 4.79 Å². The van der Waals surface area contributed by atoms with Gasteiger partial charge in [0.2, 0.25) is 5.91 Å². The molecule has 1 aliphatic rings. The first kappa shape index (κ1) is 12.6. The highest BCUT2D eigenvalue weighted by atomic mass is 16.4. The number of carbonyl (C=O) groups is 2. The van der Waals surface area contributed by atoms with Crippen molar-refractivity contribution in [3.8, 4) is 0 Å². The van der Waals surface area contributed by atoms with E-state index in [0.29, 0.717) is 11.3 Å². The van der Waals surface area contributed by atoms with Crippen LogP contribution in [0.4, 0.5) is 5.69 Å². The van der Waals surface area contributed by atoms with Crippen molar-refractivity contribution in [1.82, 2.24) is 0 Å². The monoisotopic (exact) mass is 247 g/mol. The molecule has 1 aromatic rings. The van der Waals surface area contributed by atoms with Crippen LogP contribution in [0.15, 0.2) is 18.2 Å². The fourth-order valence-corrected chi connectivity index (χ4v) is 2.14. The number of aromatic carboxylic acids is 1. The SMILES string of the molecule is CCC1(C(=O)Nc2ccc(C(=O)O)c(C)c2)CC1. The van der Waals surface area contributed by atoms with Crippen molar-refractivity contribution in [1.29, 1.82) is 0 Å². The molecule has 96 valence electrons. The maximum Gasteiger partial charge on any atom is 0.335 e. The highest BCUT2D eigenvalue weighted by molar-refractivity contribution is 5.98. The lowest BCUT2D eigenvalue weighted by Crippen LogP contribution is -2.23. The molecule has 0 radical (unpaired) electrons. The Hall–Kier alpha value is -1.84. The summed E-state index contributed by atoms with van der Waals surface area (Å²) in [7, 11) is 0. The van der Waals surface area contributed by atoms with Crippen LogP contribution in [-0.2, 0) is 4.79 Å². The number of hydrogen-bond donors (Lipinski definition) is 2. The van der Waals surface area contributed by atoms with Crippen molar-refractivity contribution < 1.29 is 14.7 Å². The summed E-state index contributed by atoms with van der Waals surface area (Å²) in [6.45, 7) is 3.75. The average molecular weight is 247 g/mol. The molecular formula is C14H17NO3. The van der Waals surface area contributed by atoms with Crippen LogP contribution in [0.3, 0.4) is 0 Å². The van der Waals surface area contributed by atoms with Gasteiger partial charge < -0.3 is 10.4 Å². The average Bonchev–Trinajstić information content (AvgIpc) is 3.09. The molecule has 0 bridgehead atoms. The first-order chi connectivity index (χ1) is 8.48. The van der Waals surface area contributed by atoms with Gasteiger partial charge in [0.15, 0.2) is 0 Å². The molecule has 0 heterocycles. The predicted molar refractivity (Wildman–Crippen MR) is 68.7 cm³/mol. The molecule has 0 atom stereocenters. The second-order valence-electron chi connectivity index (χ2n) is 4.92. The fourth-order valence-electron chi connectivity index (χ4n) is 2.14. The minimum absolute atomic E-state index is 0.0486. The lowest BCUT2D eigenvalue weighted by atomic mass is 10.0. The molecule has 0 saturated heterocycles. The molecule has 1 aliphatic carbocycles. The molecule has 18 heavy (non-hydrogen) atoms. The molecule has 1 aromatic carbocycles. The Labute approximate surface area is 106 Å². The van der Waals surface area contributed by atoms with Crippen molar-refractivity contribution in [2.24, 2.45) is 5.41 Å². The van der Waals surface area contributed by atoms with E-state index in [1.807, 2.05) is 6.92 Å². The number of anilines is 1. The van der Waals surface area contributed by atoms with Gasteiger partial charge in [-0.2, -0.15) is 0 Å². The van der Waals surface area contributed by atoms with E-state index in [1.165, 1.54) is 6.07 Å². The van der Waals surface area contributed by atoms with Crippen molar-refractivity contribution in [2.75, 3.05) is 5.32 Å². The quantitative estimate of drug-likeness (QED) is 0.859. The van der Waals surface area contributed by atoms with Crippen LogP contribution in [0.5, 0.6) is 0 Å². The predicted octanol–water partition coefficient (Wildman–Crippen LogP) is 2.82. The molecule has 0 unspecified atom stereocenters. The molecule has 0 spiro atoms. The lowest BCUT2D eigenvalue weighted by molar-refractivity contribution is -0.121. The largest absolute Gasteiger partial charge is 0.478 e. The number of amides is 1. The van der Waals surface area contributed by atoms with Crippen LogP contribution in [0.1, 0.15) is 42.1 Å². The van der Waals surface area contributed by atoms with Gasteiger partial charge in [-0.3, -0.25) is 4.79 Å². The molecule has 2 N–H and O–H groups in total. The number of nitrogens with one attached hydrogen (secondary N) is 1. The Morgan fingerprint density at radius 2 is 2.06 bits per heavy atom. The third-order valence-electron chi connectivity index (χ3n) is 3.73. The van der Waals surface area contributed by atoms with E-state index in [2.05, 4.69) is 5.32 Å². The summed E-state index contributed by atoms with van der Waals surface area (Å²) in [6.07, 6.45) is 2.74. The van der Waals surface area contributed by atoms with E-state index in [-0.39, 0.29) is 16.9 Å². The Morgan fingerprint density at radius 1 is 1.39 bits per heavy atom. The van der Waals surface area contributed by atoms with Crippen molar-refractivity contribution in [3.63, 3.8) is 0 Å². The zero-order valence-corrected chi connectivity index (χ0v) is 10.6. The third-order valence-corrected chi connectivity index (χ3v) is 3.73. The van der Waals surface area contributed by atoms with Gasteiger partial charge in [0.05, 0.1) is 5.56 Å². The maximum atomic E-state index is 12.0. The number of carboxylic acid groups (broad SMARTS) is 1. The Morgan fingerprint density at radius 3 is 2.50 bits per heavy atom. The summed E-state index contributed by atoms with van der Waals surface area (Å²) < 4.78 is 0. The van der Waals surface area contributed by atoms with Gasteiger partial charge in [0.25, 0.3) is 0 Å². The van der Waals surface area contributed by atoms with Crippen molar-refractivity contribution in [3.05, 3.63) is 29.3 Å². The minimum Gasteiger partial charge on any atom is -0.478 e. The van der Waals surface area contributed by atoms with Crippen LogP contribution >= 0.6 is 0 Å². The summed E-state index contributed by atoms with van der Waals surface area (Å²) in [4.78, 5) is 22.9. The van der Waals surface area contributed by atoms with E-state index in [1.54, 1.807) is 19.1 Å². The summed E-state index contributed by atoms with van der Waals surface area (Å²) in [5.41, 5.74) is 1.41. The second kappa shape index (κ2) is 4.44. The number of hydrogen-bond acceptors (Lipinski definition) is 2. The first-order valence-electron chi connectivity index (χ1n) is 6.14. The molecule has 2 rings (SSSR count). The van der Waals surface area contributed by atoms with Crippen LogP contribution in [0, 0.1) is 12.3 Å². The van der Waals surface area contributed by atoms with E-state index in [0.717, 1.165) is 19.3 Å². The van der Waals surface area contributed by atoms with Gasteiger partial charge in [0.1, 0.15) is 0 Å². The first-order valence-corrected chi connectivity index (χ1v) is 6.14. The van der Waals surface area contributed by atoms with Crippen molar-refractivity contribution in [2.45, 2.75) is 33.1 Å². The summed E-state index contributed by atoms with van der Waals surface area (Å²) in [5, 5.41) is 11.8. The van der Waals surface area contributed by atoms with Gasteiger partial charge in [-0.05, 0) is 49.9 Å². The van der Waals surface area contributed by atoms with E-state index < -0.39 is 5.97 Å². The lowest BCUT2D eigenvalue weighted by Gasteiger charge is -2.13. The molecule has 0 aliphatic heterocycles. The van der Waals surface area contributed by atoms with E-state index in [4.69, 9.17) is 5.11 Å². The van der Waals surface area contributed by atoms with Gasteiger partial charge >= 0.3 is 5.97 Å². The topological polar surface area (TPSA) is 66.4 Å². The molecule has 4 nitrogen and oxygen atoms in total. The van der Waals surface area contributed by atoms with Crippen LogP contribution in [0.2, 0.25) is 0 Å². The Bertz CT molecular complexity index is 504. The summed E-state index contributed by atoms with van der Waals surface area (Å²) in [6, 6.07) is 4.87. The summed E-state index contributed by atoms with van der Waals surface area (Å²) >= 11 is 0. The molecule has 4 heteroatoms. The van der Waals surface area contributed by atoms with Crippen LogP contribution < -0.4 is 5.32 Å². The van der Waals surface area contributed by atoms with Crippen LogP contribution in [0.25, 0.3) is 0 Å². The van der Waals surface area contributed by atoms with E-state index in [9.17, 15) is 9.59 Å². The standard InChI is InChI=1S/C14H17NO3/c1-3-14(6-7-14)13(18)15-10-4-5-11(12(16)17)9(2)8-10/h4-5,8H,3,6-7H2,1-2H3,(H,15,18)(H,16,17). The molecule has 1 fully saturated rings. The van der Waals surface area contributed by atoms with Gasteiger partial charge in [-0.1, -0.05) is 6.92 Å². The van der Waals surface area contributed by atoms with Gasteiger partial charge in [0, 0.05) is 11.1 Å².